The van der Waals surface area contributed by atoms with Gasteiger partial charge < -0.3 is 9.90 Å². The fourth-order valence-electron chi connectivity index (χ4n) is 0.405. The molecule has 0 fully saturated rings. The molecule has 52 valence electrons. The minimum atomic E-state index is -0.426. The van der Waals surface area contributed by atoms with E-state index in [-0.39, 0.29) is 0 Å². The first-order chi connectivity index (χ1) is 4.18. The van der Waals surface area contributed by atoms with E-state index in [1.165, 1.54) is 0 Å². The van der Waals surface area contributed by atoms with Gasteiger partial charge in [0.25, 0.3) is 0 Å². The summed E-state index contributed by atoms with van der Waals surface area (Å²) >= 11 is 0. The van der Waals surface area contributed by atoms with Crippen LogP contribution in [-0.2, 0) is 4.79 Å². The summed E-state index contributed by atoms with van der Waals surface area (Å²) in [7, 11) is 0. The molecular weight excluding hydrogens is 116 g/mol. The van der Waals surface area contributed by atoms with E-state index in [0.29, 0.717) is 6.42 Å². The summed E-state index contributed by atoms with van der Waals surface area (Å²) in [6.45, 7) is 3.48. The summed E-state index contributed by atoms with van der Waals surface area (Å²) in [4.78, 5) is 9.81. The minimum absolute atomic E-state index is 0.400. The van der Waals surface area contributed by atoms with Crippen molar-refractivity contribution < 1.29 is 9.90 Å². The number of hydrogen-bond donors (Lipinski definition) is 1. The molecule has 0 aliphatic heterocycles. The number of hydrogen-bond acceptors (Lipinski definition) is 2. The standard InChI is InChI=1S/C7H12O2/c1-6(7(2)9)4-3-5-8/h4-5,7,9H,3H2,1-2H3. The van der Waals surface area contributed by atoms with Gasteiger partial charge in [-0.05, 0) is 19.4 Å². The second kappa shape index (κ2) is 4.27. The van der Waals surface area contributed by atoms with Crippen molar-refractivity contribution in [2.45, 2.75) is 26.4 Å². The molecule has 0 saturated heterocycles. The van der Waals surface area contributed by atoms with Crippen LogP contribution >= 0.6 is 0 Å². The Morgan fingerprint density at radius 1 is 1.78 bits per heavy atom. The fraction of sp³-hybridized carbons (Fsp3) is 0.571. The molecule has 0 aromatic rings. The molecule has 0 aromatic carbocycles. The maximum atomic E-state index is 9.81. The first kappa shape index (κ1) is 8.37. The second-order valence-electron chi connectivity index (χ2n) is 2.03. The lowest BCUT2D eigenvalue weighted by atomic mass is 10.2. The van der Waals surface area contributed by atoms with Gasteiger partial charge in [-0.2, -0.15) is 0 Å². The summed E-state index contributed by atoms with van der Waals surface area (Å²) < 4.78 is 0. The van der Waals surface area contributed by atoms with Gasteiger partial charge in [0, 0.05) is 6.42 Å². The highest BCUT2D eigenvalue weighted by molar-refractivity contribution is 5.52. The van der Waals surface area contributed by atoms with Crippen LogP contribution in [0, 0.1) is 0 Å². The second-order valence-corrected chi connectivity index (χ2v) is 2.03. The molecule has 0 radical (unpaired) electrons. The SMILES string of the molecule is CC(=CCC=O)C(C)O. The summed E-state index contributed by atoms with van der Waals surface area (Å²) in [6, 6.07) is 0. The summed E-state index contributed by atoms with van der Waals surface area (Å²) in [5.74, 6) is 0. The number of carbonyl (C=O) groups excluding carboxylic acids is 1. The number of aliphatic hydroxyl groups excluding tert-OH is 1. The van der Waals surface area contributed by atoms with Crippen molar-refractivity contribution in [2.24, 2.45) is 0 Å². The lowest BCUT2D eigenvalue weighted by Gasteiger charge is -2.01. The molecule has 1 unspecified atom stereocenters. The average molecular weight is 128 g/mol. The minimum Gasteiger partial charge on any atom is -0.389 e. The van der Waals surface area contributed by atoms with Crippen LogP contribution in [0.1, 0.15) is 20.3 Å². The monoisotopic (exact) mass is 128 g/mol. The number of aldehydes is 1. The zero-order valence-electron chi connectivity index (χ0n) is 5.79. The third-order valence-electron chi connectivity index (χ3n) is 1.20. The van der Waals surface area contributed by atoms with Crippen molar-refractivity contribution in [3.63, 3.8) is 0 Å². The zero-order chi connectivity index (χ0) is 7.28. The van der Waals surface area contributed by atoms with Crippen molar-refractivity contribution >= 4 is 6.29 Å². The van der Waals surface area contributed by atoms with Crippen LogP contribution in [-0.4, -0.2) is 17.5 Å². The molecule has 0 saturated carbocycles. The Kier molecular flexibility index (Phi) is 3.97. The molecule has 0 rings (SSSR count). The van der Waals surface area contributed by atoms with Gasteiger partial charge >= 0.3 is 0 Å². The zero-order valence-corrected chi connectivity index (χ0v) is 5.79. The molecule has 1 N–H and O–H groups in total. The Hall–Kier alpha value is -0.630. The van der Waals surface area contributed by atoms with E-state index >= 15 is 0 Å². The van der Waals surface area contributed by atoms with Crippen LogP contribution in [0.5, 0.6) is 0 Å². The number of rotatable bonds is 3. The molecule has 9 heavy (non-hydrogen) atoms. The third kappa shape index (κ3) is 3.91. The highest BCUT2D eigenvalue weighted by atomic mass is 16.3. The van der Waals surface area contributed by atoms with E-state index in [0.717, 1.165) is 11.9 Å². The van der Waals surface area contributed by atoms with E-state index in [9.17, 15) is 4.79 Å². The highest BCUT2D eigenvalue weighted by Gasteiger charge is 1.94. The first-order valence-electron chi connectivity index (χ1n) is 2.97. The van der Waals surface area contributed by atoms with Crippen molar-refractivity contribution in [2.75, 3.05) is 0 Å². The molecule has 0 heterocycles. The van der Waals surface area contributed by atoms with Crippen LogP contribution in [0.3, 0.4) is 0 Å². The molecule has 2 nitrogen and oxygen atoms in total. The molecule has 0 spiro atoms. The normalized spacial score (nSPS) is 15.2. The van der Waals surface area contributed by atoms with Crippen molar-refractivity contribution in [1.29, 1.82) is 0 Å². The molecule has 0 amide bonds. The molecule has 0 aliphatic rings. The maximum absolute atomic E-state index is 9.81. The third-order valence-corrected chi connectivity index (χ3v) is 1.20. The largest absolute Gasteiger partial charge is 0.389 e. The highest BCUT2D eigenvalue weighted by Crippen LogP contribution is 1.99. The van der Waals surface area contributed by atoms with Gasteiger partial charge in [-0.3, -0.25) is 0 Å². The van der Waals surface area contributed by atoms with Crippen molar-refractivity contribution in [3.8, 4) is 0 Å². The van der Waals surface area contributed by atoms with Gasteiger partial charge in [-0.15, -0.1) is 0 Å². The Balaban J connectivity index is 3.68. The predicted octanol–water partition coefficient (Wildman–Crippen LogP) is 0.903. The van der Waals surface area contributed by atoms with Gasteiger partial charge in [-0.25, -0.2) is 0 Å². The van der Waals surface area contributed by atoms with Gasteiger partial charge in [0.05, 0.1) is 6.10 Å². The Morgan fingerprint density at radius 3 is 2.67 bits per heavy atom. The quantitative estimate of drug-likeness (QED) is 0.453. The van der Waals surface area contributed by atoms with E-state index < -0.39 is 6.10 Å². The van der Waals surface area contributed by atoms with Crippen molar-refractivity contribution in [3.05, 3.63) is 11.6 Å². The van der Waals surface area contributed by atoms with Gasteiger partial charge in [-0.1, -0.05) is 6.08 Å². The lowest BCUT2D eigenvalue weighted by molar-refractivity contribution is -0.107. The molecule has 2 heteroatoms. The van der Waals surface area contributed by atoms with E-state index in [1.807, 2.05) is 0 Å². The number of allylic oxidation sites excluding steroid dienone is 1. The van der Waals surface area contributed by atoms with Crippen LogP contribution in [0.4, 0.5) is 0 Å². The Morgan fingerprint density at radius 2 is 2.33 bits per heavy atom. The Labute approximate surface area is 55.2 Å². The molecule has 0 aliphatic carbocycles. The maximum Gasteiger partial charge on any atom is 0.123 e. The average Bonchev–Trinajstić information content (AvgIpc) is 1.82. The molecule has 0 bridgehead atoms. The summed E-state index contributed by atoms with van der Waals surface area (Å²) in [5, 5.41) is 8.86. The molecule has 0 aromatic heterocycles. The smallest absolute Gasteiger partial charge is 0.123 e. The van der Waals surface area contributed by atoms with E-state index in [2.05, 4.69) is 0 Å². The van der Waals surface area contributed by atoms with Crippen LogP contribution < -0.4 is 0 Å². The number of carbonyl (C=O) groups is 1. The topological polar surface area (TPSA) is 37.3 Å². The van der Waals surface area contributed by atoms with E-state index in [1.54, 1.807) is 19.9 Å². The van der Waals surface area contributed by atoms with Gasteiger partial charge in [0.2, 0.25) is 0 Å². The molecular formula is C7H12O2. The lowest BCUT2D eigenvalue weighted by Crippen LogP contribution is -2.00. The van der Waals surface area contributed by atoms with Crippen molar-refractivity contribution in [1.82, 2.24) is 0 Å². The fourth-order valence-corrected chi connectivity index (χ4v) is 0.405. The van der Waals surface area contributed by atoms with E-state index in [4.69, 9.17) is 5.11 Å². The van der Waals surface area contributed by atoms with Gasteiger partial charge in [0.1, 0.15) is 6.29 Å². The predicted molar refractivity (Wildman–Crippen MR) is 36.1 cm³/mol. The summed E-state index contributed by atoms with van der Waals surface area (Å²) in [6.07, 6.45) is 2.50. The molecule has 1 atom stereocenters. The van der Waals surface area contributed by atoms with Crippen LogP contribution in [0.15, 0.2) is 11.6 Å². The Bertz CT molecular complexity index is 114. The van der Waals surface area contributed by atoms with Gasteiger partial charge in [0.15, 0.2) is 0 Å². The first-order valence-corrected chi connectivity index (χ1v) is 2.97. The summed E-state index contributed by atoms with van der Waals surface area (Å²) in [5.41, 5.74) is 0.849. The van der Waals surface area contributed by atoms with Crippen LogP contribution in [0.25, 0.3) is 0 Å². The number of aliphatic hydroxyl groups is 1. The van der Waals surface area contributed by atoms with Crippen LogP contribution in [0.2, 0.25) is 0 Å².